The van der Waals surface area contributed by atoms with Crippen molar-refractivity contribution in [1.82, 2.24) is 9.97 Å². The second-order valence-corrected chi connectivity index (χ2v) is 5.08. The molecule has 0 aliphatic heterocycles. The van der Waals surface area contributed by atoms with Crippen molar-refractivity contribution in [1.29, 1.82) is 0 Å². The Morgan fingerprint density at radius 2 is 1.76 bits per heavy atom. The molecule has 1 heterocycles. The maximum absolute atomic E-state index is 12.5. The lowest BCUT2D eigenvalue weighted by Gasteiger charge is -2.06. The Balaban J connectivity index is 1.84. The molecule has 3 rings (SSSR count). The largest absolute Gasteiger partial charge is 0.416 e. The standard InChI is InChI=1S/C16H13F3N2/c1-10-2-7-13-14(8-10)21-15(20-13)9-11-3-5-12(6-4-11)16(17,18)19/h2-8H,9H2,1H3,(H,20,21). The monoisotopic (exact) mass is 290 g/mol. The van der Waals surface area contributed by atoms with Gasteiger partial charge in [-0.2, -0.15) is 13.2 Å². The number of H-pyrrole nitrogens is 1. The maximum atomic E-state index is 12.5. The fraction of sp³-hybridized carbons (Fsp3) is 0.188. The maximum Gasteiger partial charge on any atom is 0.416 e. The van der Waals surface area contributed by atoms with Crippen molar-refractivity contribution in [2.75, 3.05) is 0 Å². The zero-order chi connectivity index (χ0) is 15.0. The number of imidazole rings is 1. The third-order valence-corrected chi connectivity index (χ3v) is 3.34. The average Bonchev–Trinajstić information content (AvgIpc) is 2.79. The van der Waals surface area contributed by atoms with E-state index in [1.165, 1.54) is 12.1 Å². The summed E-state index contributed by atoms with van der Waals surface area (Å²) in [6.45, 7) is 2.00. The molecular weight excluding hydrogens is 277 g/mol. The van der Waals surface area contributed by atoms with E-state index >= 15 is 0 Å². The summed E-state index contributed by atoms with van der Waals surface area (Å²) in [6.07, 6.45) is -3.82. The van der Waals surface area contributed by atoms with Crippen LogP contribution in [-0.4, -0.2) is 9.97 Å². The highest BCUT2D eigenvalue weighted by Crippen LogP contribution is 2.29. The third kappa shape index (κ3) is 2.91. The number of fused-ring (bicyclic) bond motifs is 1. The minimum absolute atomic E-state index is 0.478. The summed E-state index contributed by atoms with van der Waals surface area (Å²) >= 11 is 0. The zero-order valence-corrected chi connectivity index (χ0v) is 11.3. The second kappa shape index (κ2) is 4.91. The number of halogens is 3. The van der Waals surface area contributed by atoms with Gasteiger partial charge in [-0.25, -0.2) is 4.98 Å². The van der Waals surface area contributed by atoms with Crippen molar-refractivity contribution >= 4 is 11.0 Å². The number of aromatic amines is 1. The van der Waals surface area contributed by atoms with Crippen LogP contribution in [0.4, 0.5) is 13.2 Å². The molecule has 0 saturated carbocycles. The molecule has 2 nitrogen and oxygen atoms in total. The first-order chi connectivity index (χ1) is 9.91. The van der Waals surface area contributed by atoms with Crippen LogP contribution in [0, 0.1) is 6.92 Å². The number of nitrogens with one attached hydrogen (secondary N) is 1. The van der Waals surface area contributed by atoms with E-state index in [9.17, 15) is 13.2 Å². The molecule has 1 aromatic heterocycles. The van der Waals surface area contributed by atoms with E-state index in [2.05, 4.69) is 9.97 Å². The summed E-state index contributed by atoms with van der Waals surface area (Å²) in [5, 5.41) is 0. The highest BCUT2D eigenvalue weighted by atomic mass is 19.4. The first-order valence-electron chi connectivity index (χ1n) is 6.53. The first-order valence-corrected chi connectivity index (χ1v) is 6.53. The van der Waals surface area contributed by atoms with Gasteiger partial charge in [-0.15, -0.1) is 0 Å². The molecule has 0 atom stereocenters. The summed E-state index contributed by atoms with van der Waals surface area (Å²) < 4.78 is 37.5. The molecule has 0 radical (unpaired) electrons. The Kier molecular flexibility index (Phi) is 3.20. The van der Waals surface area contributed by atoms with Crippen molar-refractivity contribution in [2.24, 2.45) is 0 Å². The molecule has 0 saturated heterocycles. The highest BCUT2D eigenvalue weighted by molar-refractivity contribution is 5.75. The number of aryl methyl sites for hydroxylation is 1. The molecule has 0 aliphatic rings. The minimum atomic E-state index is -4.30. The lowest BCUT2D eigenvalue weighted by molar-refractivity contribution is -0.137. The topological polar surface area (TPSA) is 28.7 Å². The molecule has 0 bridgehead atoms. The molecule has 5 heteroatoms. The van der Waals surface area contributed by atoms with Crippen LogP contribution in [0.15, 0.2) is 42.5 Å². The van der Waals surface area contributed by atoms with Crippen LogP contribution in [0.2, 0.25) is 0 Å². The van der Waals surface area contributed by atoms with Crippen molar-refractivity contribution in [3.8, 4) is 0 Å². The van der Waals surface area contributed by atoms with Crippen LogP contribution in [0.5, 0.6) is 0 Å². The van der Waals surface area contributed by atoms with Crippen LogP contribution in [0.1, 0.15) is 22.5 Å². The zero-order valence-electron chi connectivity index (χ0n) is 11.3. The molecule has 21 heavy (non-hydrogen) atoms. The predicted octanol–water partition coefficient (Wildman–Crippen LogP) is 4.48. The average molecular weight is 290 g/mol. The van der Waals surface area contributed by atoms with Crippen molar-refractivity contribution in [3.05, 3.63) is 65.0 Å². The summed E-state index contributed by atoms with van der Waals surface area (Å²) in [4.78, 5) is 7.64. The summed E-state index contributed by atoms with van der Waals surface area (Å²) in [6, 6.07) is 11.1. The van der Waals surface area contributed by atoms with E-state index in [4.69, 9.17) is 0 Å². The van der Waals surface area contributed by atoms with Gasteiger partial charge in [0, 0.05) is 6.42 Å². The van der Waals surface area contributed by atoms with E-state index in [0.29, 0.717) is 6.42 Å². The number of nitrogens with zero attached hydrogens (tertiary/aromatic N) is 1. The molecule has 0 amide bonds. The highest BCUT2D eigenvalue weighted by Gasteiger charge is 2.29. The lowest BCUT2D eigenvalue weighted by atomic mass is 10.1. The second-order valence-electron chi connectivity index (χ2n) is 5.08. The van der Waals surface area contributed by atoms with Crippen molar-refractivity contribution < 1.29 is 13.2 Å². The molecule has 0 aliphatic carbocycles. The number of alkyl halides is 3. The van der Waals surface area contributed by atoms with Gasteiger partial charge in [-0.3, -0.25) is 0 Å². The van der Waals surface area contributed by atoms with Gasteiger partial charge in [0.25, 0.3) is 0 Å². The van der Waals surface area contributed by atoms with Crippen LogP contribution < -0.4 is 0 Å². The third-order valence-electron chi connectivity index (χ3n) is 3.34. The van der Waals surface area contributed by atoms with Crippen LogP contribution in [0.3, 0.4) is 0 Å². The summed E-state index contributed by atoms with van der Waals surface area (Å²) in [5.74, 6) is 0.746. The van der Waals surface area contributed by atoms with Gasteiger partial charge in [0.2, 0.25) is 0 Å². The van der Waals surface area contributed by atoms with Gasteiger partial charge >= 0.3 is 6.18 Å². The Morgan fingerprint density at radius 1 is 1.05 bits per heavy atom. The van der Waals surface area contributed by atoms with Crippen LogP contribution >= 0.6 is 0 Å². The number of hydrogen-bond acceptors (Lipinski definition) is 1. The van der Waals surface area contributed by atoms with E-state index in [1.807, 2.05) is 25.1 Å². The molecule has 1 N–H and O–H groups in total. The molecule has 2 aromatic carbocycles. The van der Waals surface area contributed by atoms with Crippen LogP contribution in [0.25, 0.3) is 11.0 Å². The fourth-order valence-corrected chi connectivity index (χ4v) is 2.26. The SMILES string of the molecule is Cc1ccc2nc(Cc3ccc(C(F)(F)F)cc3)[nH]c2c1. The molecule has 0 unspecified atom stereocenters. The van der Waals surface area contributed by atoms with Crippen molar-refractivity contribution in [2.45, 2.75) is 19.5 Å². The quantitative estimate of drug-likeness (QED) is 0.740. The normalized spacial score (nSPS) is 12.0. The lowest BCUT2D eigenvalue weighted by Crippen LogP contribution is -2.04. The van der Waals surface area contributed by atoms with E-state index in [-0.39, 0.29) is 0 Å². The van der Waals surface area contributed by atoms with Gasteiger partial charge < -0.3 is 4.98 Å². The van der Waals surface area contributed by atoms with E-state index in [1.54, 1.807) is 0 Å². The number of hydrogen-bond donors (Lipinski definition) is 1. The van der Waals surface area contributed by atoms with Gasteiger partial charge in [0.15, 0.2) is 0 Å². The Hall–Kier alpha value is -2.30. The first kappa shape index (κ1) is 13.7. The van der Waals surface area contributed by atoms with E-state index in [0.717, 1.165) is 40.1 Å². The number of aromatic nitrogens is 2. The van der Waals surface area contributed by atoms with Crippen LogP contribution in [-0.2, 0) is 12.6 Å². The molecular formula is C16H13F3N2. The molecule has 108 valence electrons. The number of benzene rings is 2. The predicted molar refractivity (Wildman–Crippen MR) is 75.1 cm³/mol. The van der Waals surface area contributed by atoms with Gasteiger partial charge in [-0.05, 0) is 42.3 Å². The smallest absolute Gasteiger partial charge is 0.342 e. The molecule has 3 aromatic rings. The van der Waals surface area contributed by atoms with Crippen molar-refractivity contribution in [3.63, 3.8) is 0 Å². The summed E-state index contributed by atoms with van der Waals surface area (Å²) in [5.41, 5.74) is 3.09. The van der Waals surface area contributed by atoms with Gasteiger partial charge in [0.05, 0.1) is 16.6 Å². The Labute approximate surface area is 119 Å². The van der Waals surface area contributed by atoms with Gasteiger partial charge in [-0.1, -0.05) is 18.2 Å². The molecule has 0 spiro atoms. The fourth-order valence-electron chi connectivity index (χ4n) is 2.26. The van der Waals surface area contributed by atoms with E-state index < -0.39 is 11.7 Å². The Bertz CT molecular complexity index is 770. The number of rotatable bonds is 2. The minimum Gasteiger partial charge on any atom is -0.342 e. The Morgan fingerprint density at radius 3 is 2.43 bits per heavy atom. The summed E-state index contributed by atoms with van der Waals surface area (Å²) in [7, 11) is 0. The molecule has 0 fully saturated rings. The van der Waals surface area contributed by atoms with Gasteiger partial charge in [0.1, 0.15) is 5.82 Å².